The number of carbonyl (C=O) groups excluding carboxylic acids is 4. The number of benzene rings is 2. The maximum absolute atomic E-state index is 12.9. The number of aromatic carboxylic acids is 1. The predicted molar refractivity (Wildman–Crippen MR) is 145 cm³/mol. The van der Waals surface area contributed by atoms with E-state index in [4.69, 9.17) is 4.74 Å². The molecule has 0 unspecified atom stereocenters. The summed E-state index contributed by atoms with van der Waals surface area (Å²) in [7, 11) is 0. The second-order valence-electron chi connectivity index (χ2n) is 10.3. The summed E-state index contributed by atoms with van der Waals surface area (Å²) in [6.07, 6.45) is -0.245. The van der Waals surface area contributed by atoms with Gasteiger partial charge in [0.1, 0.15) is 11.6 Å². The Morgan fingerprint density at radius 1 is 0.923 bits per heavy atom. The predicted octanol–water partition coefficient (Wildman–Crippen LogP) is 3.31. The molecule has 39 heavy (non-hydrogen) atoms. The van der Waals surface area contributed by atoms with E-state index in [1.807, 2.05) is 13.8 Å². The van der Waals surface area contributed by atoms with E-state index in [9.17, 15) is 29.1 Å². The average Bonchev–Trinajstić information content (AvgIpc) is 2.85. The van der Waals surface area contributed by atoms with E-state index in [1.54, 1.807) is 57.2 Å². The van der Waals surface area contributed by atoms with Gasteiger partial charge in [-0.25, -0.2) is 9.59 Å². The number of carboxylic acids is 1. The maximum atomic E-state index is 12.9. The second kappa shape index (κ2) is 13.9. The molecule has 0 saturated carbocycles. The van der Waals surface area contributed by atoms with E-state index in [1.165, 1.54) is 12.1 Å². The van der Waals surface area contributed by atoms with Crippen LogP contribution in [0.2, 0.25) is 0 Å². The summed E-state index contributed by atoms with van der Waals surface area (Å²) in [5, 5.41) is 19.7. The highest BCUT2D eigenvalue weighted by atomic mass is 16.6. The van der Waals surface area contributed by atoms with Crippen molar-refractivity contribution in [1.29, 1.82) is 0 Å². The summed E-state index contributed by atoms with van der Waals surface area (Å²) >= 11 is 0. The first kappa shape index (κ1) is 30.8. The Kier molecular flexibility index (Phi) is 11.0. The van der Waals surface area contributed by atoms with Crippen LogP contribution >= 0.6 is 0 Å². The molecule has 0 aliphatic rings. The molecular formula is C28H36N4O7. The molecule has 5 N–H and O–H groups in total. The quantitative estimate of drug-likeness (QED) is 0.292. The van der Waals surface area contributed by atoms with Gasteiger partial charge >= 0.3 is 12.1 Å². The fourth-order valence-corrected chi connectivity index (χ4v) is 3.47. The third-order valence-corrected chi connectivity index (χ3v) is 5.24. The van der Waals surface area contributed by atoms with Crippen LogP contribution in [-0.4, -0.2) is 53.1 Å². The highest BCUT2D eigenvalue weighted by molar-refractivity contribution is 6.03. The van der Waals surface area contributed by atoms with Gasteiger partial charge in [0, 0.05) is 12.1 Å². The molecular weight excluding hydrogens is 504 g/mol. The van der Waals surface area contributed by atoms with E-state index >= 15 is 0 Å². The molecule has 11 nitrogen and oxygen atoms in total. The summed E-state index contributed by atoms with van der Waals surface area (Å²) in [5.41, 5.74) is 0.506. The van der Waals surface area contributed by atoms with Crippen LogP contribution in [-0.2, 0) is 20.9 Å². The molecule has 0 spiro atoms. The second-order valence-corrected chi connectivity index (χ2v) is 10.3. The van der Waals surface area contributed by atoms with Gasteiger partial charge in [0.05, 0.1) is 17.8 Å². The van der Waals surface area contributed by atoms with Crippen LogP contribution in [0.3, 0.4) is 0 Å². The van der Waals surface area contributed by atoms with Gasteiger partial charge in [-0.2, -0.15) is 0 Å². The average molecular weight is 541 g/mol. The van der Waals surface area contributed by atoms with Crippen molar-refractivity contribution in [3.05, 3.63) is 65.2 Å². The molecule has 0 saturated heterocycles. The first-order valence-corrected chi connectivity index (χ1v) is 12.5. The Balaban J connectivity index is 1.91. The fraction of sp³-hybridized carbons (Fsp3) is 0.393. The largest absolute Gasteiger partial charge is 0.478 e. The standard InChI is InChI=1S/C28H36N4O7/c1-17(2)14-22(25(35)32-21-9-7-6-8-20(21)26(36)37)31-23(33)16-29-24(34)19-12-10-18(11-13-19)15-30-27(38)39-28(3,4)5/h6-13,17,22H,14-16H2,1-5H3,(H,29,34)(H,30,38)(H,31,33)(H,32,35)(H,36,37)/t22-/m0/s1. The number of carbonyl (C=O) groups is 5. The number of ether oxygens (including phenoxy) is 1. The molecule has 4 amide bonds. The van der Waals surface area contributed by atoms with E-state index in [0.717, 1.165) is 5.56 Å². The van der Waals surface area contributed by atoms with Crippen LogP contribution in [0.15, 0.2) is 48.5 Å². The van der Waals surface area contributed by atoms with Crippen molar-refractivity contribution >= 4 is 35.5 Å². The number of carboxylic acid groups (broad SMARTS) is 1. The Morgan fingerprint density at radius 2 is 1.56 bits per heavy atom. The SMILES string of the molecule is CC(C)C[C@H](NC(=O)CNC(=O)c1ccc(CNC(=O)OC(C)(C)C)cc1)C(=O)Nc1ccccc1C(=O)O. The minimum Gasteiger partial charge on any atom is -0.478 e. The molecule has 0 aromatic heterocycles. The Labute approximate surface area is 227 Å². The van der Waals surface area contributed by atoms with Crippen molar-refractivity contribution in [2.75, 3.05) is 11.9 Å². The molecule has 11 heteroatoms. The number of nitrogens with one attached hydrogen (secondary N) is 4. The molecule has 1 atom stereocenters. The number of alkyl carbamates (subject to hydrolysis) is 1. The lowest BCUT2D eigenvalue weighted by atomic mass is 10.0. The van der Waals surface area contributed by atoms with Crippen molar-refractivity contribution < 1.29 is 33.8 Å². The van der Waals surface area contributed by atoms with Crippen LogP contribution in [0.5, 0.6) is 0 Å². The zero-order chi connectivity index (χ0) is 29.2. The number of hydrogen-bond donors (Lipinski definition) is 5. The third-order valence-electron chi connectivity index (χ3n) is 5.24. The molecule has 0 heterocycles. The molecule has 2 aromatic carbocycles. The number of rotatable bonds is 11. The third kappa shape index (κ3) is 10.8. The first-order chi connectivity index (χ1) is 18.2. The van der Waals surface area contributed by atoms with Crippen molar-refractivity contribution in [2.45, 2.75) is 59.2 Å². The molecule has 0 bridgehead atoms. The fourth-order valence-electron chi connectivity index (χ4n) is 3.47. The maximum Gasteiger partial charge on any atom is 0.407 e. The lowest BCUT2D eigenvalue weighted by molar-refractivity contribution is -0.126. The number of amides is 4. The van der Waals surface area contributed by atoms with Crippen LogP contribution in [0.1, 0.15) is 67.3 Å². The first-order valence-electron chi connectivity index (χ1n) is 12.5. The van der Waals surface area contributed by atoms with Crippen LogP contribution in [0, 0.1) is 5.92 Å². The molecule has 0 aliphatic carbocycles. The smallest absolute Gasteiger partial charge is 0.407 e. The van der Waals surface area contributed by atoms with Gasteiger partial charge < -0.3 is 31.1 Å². The zero-order valence-electron chi connectivity index (χ0n) is 22.8. The summed E-state index contributed by atoms with van der Waals surface area (Å²) in [5.74, 6) is -2.77. The monoisotopic (exact) mass is 540 g/mol. The molecule has 0 radical (unpaired) electrons. The minimum absolute atomic E-state index is 0.0497. The lowest BCUT2D eigenvalue weighted by Crippen LogP contribution is -2.48. The number of hydrogen-bond acceptors (Lipinski definition) is 6. The van der Waals surface area contributed by atoms with Crippen molar-refractivity contribution in [1.82, 2.24) is 16.0 Å². The minimum atomic E-state index is -1.19. The lowest BCUT2D eigenvalue weighted by Gasteiger charge is -2.21. The van der Waals surface area contributed by atoms with Gasteiger partial charge in [0.2, 0.25) is 11.8 Å². The van der Waals surface area contributed by atoms with E-state index in [2.05, 4.69) is 21.3 Å². The van der Waals surface area contributed by atoms with Gasteiger partial charge in [-0.05, 0) is 62.9 Å². The molecule has 210 valence electrons. The summed E-state index contributed by atoms with van der Waals surface area (Å²) in [4.78, 5) is 61.2. The van der Waals surface area contributed by atoms with Crippen LogP contribution in [0.4, 0.5) is 10.5 Å². The van der Waals surface area contributed by atoms with Crippen molar-refractivity contribution in [3.8, 4) is 0 Å². The molecule has 0 fully saturated rings. The zero-order valence-corrected chi connectivity index (χ0v) is 22.8. The number of para-hydroxylation sites is 1. The van der Waals surface area contributed by atoms with Crippen molar-refractivity contribution in [2.24, 2.45) is 5.92 Å². The summed E-state index contributed by atoms with van der Waals surface area (Å²) in [6.45, 7) is 8.91. The Hall–Kier alpha value is -4.41. The number of anilines is 1. The van der Waals surface area contributed by atoms with Crippen molar-refractivity contribution in [3.63, 3.8) is 0 Å². The van der Waals surface area contributed by atoms with Gasteiger partial charge in [-0.1, -0.05) is 38.1 Å². The van der Waals surface area contributed by atoms with Gasteiger partial charge in [-0.3, -0.25) is 14.4 Å². The normalized spacial score (nSPS) is 11.7. The molecule has 0 aliphatic heterocycles. The highest BCUT2D eigenvalue weighted by Crippen LogP contribution is 2.16. The Morgan fingerprint density at radius 3 is 2.15 bits per heavy atom. The highest BCUT2D eigenvalue weighted by Gasteiger charge is 2.24. The summed E-state index contributed by atoms with van der Waals surface area (Å²) in [6, 6.07) is 11.5. The van der Waals surface area contributed by atoms with E-state index < -0.39 is 41.4 Å². The van der Waals surface area contributed by atoms with Gasteiger partial charge in [0.15, 0.2) is 0 Å². The topological polar surface area (TPSA) is 163 Å². The molecule has 2 aromatic rings. The van der Waals surface area contributed by atoms with Crippen LogP contribution in [0.25, 0.3) is 0 Å². The van der Waals surface area contributed by atoms with E-state index in [0.29, 0.717) is 12.0 Å². The molecule has 2 rings (SSSR count). The van der Waals surface area contributed by atoms with Gasteiger partial charge in [0.25, 0.3) is 5.91 Å². The van der Waals surface area contributed by atoms with Crippen LogP contribution < -0.4 is 21.3 Å². The van der Waals surface area contributed by atoms with E-state index in [-0.39, 0.29) is 30.3 Å². The van der Waals surface area contributed by atoms with Gasteiger partial charge in [-0.15, -0.1) is 0 Å². The summed E-state index contributed by atoms with van der Waals surface area (Å²) < 4.78 is 5.18. The Bertz CT molecular complexity index is 1190.